The molecule has 4 fully saturated rings. The number of hydrogen-bond acceptors (Lipinski definition) is 2. The molecule has 5 rings (SSSR count). The van der Waals surface area contributed by atoms with E-state index >= 15 is 0 Å². The van der Waals surface area contributed by atoms with Crippen LogP contribution in [0, 0.1) is 17.8 Å². The Morgan fingerprint density at radius 1 is 1.00 bits per heavy atom. The summed E-state index contributed by atoms with van der Waals surface area (Å²) in [6.45, 7) is 0. The minimum absolute atomic E-state index is 0.317. The minimum Gasteiger partial charge on any atom is -0.443 e. The van der Waals surface area contributed by atoms with Gasteiger partial charge in [-0.25, -0.2) is 4.79 Å². The first kappa shape index (κ1) is 15.8. The summed E-state index contributed by atoms with van der Waals surface area (Å²) in [5.74, 6) is 1.99. The fourth-order valence-corrected chi connectivity index (χ4v) is 5.24. The van der Waals surface area contributed by atoms with Crippen molar-refractivity contribution in [1.82, 2.24) is 0 Å². The van der Waals surface area contributed by atoms with Crippen molar-refractivity contribution in [3.8, 4) is 0 Å². The van der Waals surface area contributed by atoms with Gasteiger partial charge >= 0.3 is 12.3 Å². The van der Waals surface area contributed by atoms with Crippen LogP contribution in [-0.4, -0.2) is 11.7 Å². The van der Waals surface area contributed by atoms with Gasteiger partial charge in [0.1, 0.15) is 5.60 Å². The molecule has 1 amide bonds. The van der Waals surface area contributed by atoms with Crippen LogP contribution in [0.3, 0.4) is 0 Å². The Hall–Kier alpha value is -1.72. The van der Waals surface area contributed by atoms with Gasteiger partial charge in [-0.3, -0.25) is 5.32 Å². The predicted octanol–water partition coefficient (Wildman–Crippen LogP) is 5.22. The number of hydrogen-bond donors (Lipinski definition) is 1. The maximum Gasteiger partial charge on any atom is 0.416 e. The van der Waals surface area contributed by atoms with Crippen LogP contribution in [0.2, 0.25) is 0 Å². The molecule has 24 heavy (non-hydrogen) atoms. The lowest BCUT2D eigenvalue weighted by Gasteiger charge is -2.55. The molecule has 1 N–H and O–H groups in total. The van der Waals surface area contributed by atoms with Crippen LogP contribution < -0.4 is 5.32 Å². The summed E-state index contributed by atoms with van der Waals surface area (Å²) < 4.78 is 43.5. The number of rotatable bonds is 2. The molecule has 4 aliphatic carbocycles. The molecule has 0 atom stereocenters. The fourth-order valence-electron chi connectivity index (χ4n) is 5.24. The smallest absolute Gasteiger partial charge is 0.416 e. The molecular weight excluding hydrogens is 319 g/mol. The number of ether oxygens (including phenoxy) is 1. The summed E-state index contributed by atoms with van der Waals surface area (Å²) in [5.41, 5.74) is -0.773. The number of benzene rings is 1. The lowest BCUT2D eigenvalue weighted by atomic mass is 9.54. The average Bonchev–Trinajstić information content (AvgIpc) is 2.44. The molecule has 0 saturated heterocycles. The fraction of sp³-hybridized carbons (Fsp3) is 0.611. The van der Waals surface area contributed by atoms with Crippen molar-refractivity contribution in [2.24, 2.45) is 17.8 Å². The Morgan fingerprint density at radius 3 is 1.96 bits per heavy atom. The van der Waals surface area contributed by atoms with Crippen molar-refractivity contribution in [3.05, 3.63) is 29.8 Å². The summed E-state index contributed by atoms with van der Waals surface area (Å²) in [6.07, 6.45) is 1.61. The normalized spacial score (nSPS) is 34.2. The SMILES string of the molecule is O=C(Nc1ccc(C(F)(F)F)cc1)OC12CC3CC(CC(C3)C1)C2. The van der Waals surface area contributed by atoms with Gasteiger partial charge in [-0.05, 0) is 80.5 Å². The van der Waals surface area contributed by atoms with E-state index in [0.29, 0.717) is 23.4 Å². The number of carbonyl (C=O) groups excluding carboxylic acids is 1. The van der Waals surface area contributed by atoms with Gasteiger partial charge in [0.15, 0.2) is 0 Å². The second kappa shape index (κ2) is 5.39. The van der Waals surface area contributed by atoms with Crippen molar-refractivity contribution in [3.63, 3.8) is 0 Å². The molecule has 130 valence electrons. The zero-order chi connectivity index (χ0) is 16.9. The van der Waals surface area contributed by atoms with E-state index in [2.05, 4.69) is 5.32 Å². The number of halogens is 3. The third kappa shape index (κ3) is 2.98. The number of alkyl halides is 3. The standard InChI is InChI=1S/C18H20F3NO2/c19-18(20,21)14-1-3-15(4-2-14)22-16(23)24-17-8-11-5-12(9-17)7-13(6-11)10-17/h1-4,11-13H,5-10H2,(H,22,23). The number of nitrogens with one attached hydrogen (secondary N) is 1. The zero-order valence-corrected chi connectivity index (χ0v) is 13.2. The van der Waals surface area contributed by atoms with E-state index in [1.807, 2.05) is 0 Å². The first-order chi connectivity index (χ1) is 11.3. The van der Waals surface area contributed by atoms with E-state index in [1.165, 1.54) is 31.4 Å². The summed E-state index contributed by atoms with van der Waals surface area (Å²) in [6, 6.07) is 4.42. The van der Waals surface area contributed by atoms with Crippen LogP contribution in [0.1, 0.15) is 44.1 Å². The van der Waals surface area contributed by atoms with Crippen molar-refractivity contribution in [1.29, 1.82) is 0 Å². The van der Waals surface area contributed by atoms with Crippen LogP contribution in [0.15, 0.2) is 24.3 Å². The summed E-state index contributed by atoms with van der Waals surface area (Å²) >= 11 is 0. The van der Waals surface area contributed by atoms with Crippen LogP contribution >= 0.6 is 0 Å². The van der Waals surface area contributed by atoms with Crippen LogP contribution in [0.25, 0.3) is 0 Å². The Kier molecular flexibility index (Phi) is 3.55. The van der Waals surface area contributed by atoms with Gasteiger partial charge < -0.3 is 4.74 Å². The Balaban J connectivity index is 1.40. The lowest BCUT2D eigenvalue weighted by molar-refractivity contribution is -0.137. The molecule has 0 unspecified atom stereocenters. The molecule has 6 heteroatoms. The lowest BCUT2D eigenvalue weighted by Crippen LogP contribution is -2.53. The third-order valence-corrected chi connectivity index (χ3v) is 5.75. The highest BCUT2D eigenvalue weighted by molar-refractivity contribution is 5.84. The molecule has 0 aliphatic heterocycles. The highest BCUT2D eigenvalue weighted by atomic mass is 19.4. The zero-order valence-electron chi connectivity index (χ0n) is 13.2. The third-order valence-electron chi connectivity index (χ3n) is 5.75. The van der Waals surface area contributed by atoms with Crippen molar-refractivity contribution in [2.45, 2.75) is 50.3 Å². The van der Waals surface area contributed by atoms with Gasteiger partial charge in [-0.15, -0.1) is 0 Å². The molecule has 4 aliphatic rings. The average molecular weight is 339 g/mol. The maximum atomic E-state index is 12.6. The van der Waals surface area contributed by atoms with Gasteiger partial charge in [-0.1, -0.05) is 0 Å². The maximum absolute atomic E-state index is 12.6. The summed E-state index contributed by atoms with van der Waals surface area (Å²) in [7, 11) is 0. The van der Waals surface area contributed by atoms with E-state index < -0.39 is 17.8 Å². The Morgan fingerprint density at radius 2 is 1.50 bits per heavy atom. The molecule has 4 saturated carbocycles. The molecule has 4 bridgehead atoms. The largest absolute Gasteiger partial charge is 0.443 e. The molecule has 1 aromatic rings. The second-order valence-corrected chi connectivity index (χ2v) is 7.69. The van der Waals surface area contributed by atoms with E-state index in [9.17, 15) is 18.0 Å². The monoisotopic (exact) mass is 339 g/mol. The number of amides is 1. The van der Waals surface area contributed by atoms with E-state index in [1.54, 1.807) is 0 Å². The van der Waals surface area contributed by atoms with Gasteiger partial charge in [0.25, 0.3) is 0 Å². The van der Waals surface area contributed by atoms with Crippen LogP contribution in [0.5, 0.6) is 0 Å². The summed E-state index contributed by atoms with van der Waals surface area (Å²) in [5, 5.41) is 2.57. The molecule has 0 heterocycles. The molecule has 0 radical (unpaired) electrons. The molecule has 0 aromatic heterocycles. The van der Waals surface area contributed by atoms with Gasteiger partial charge in [0.05, 0.1) is 5.56 Å². The first-order valence-corrected chi connectivity index (χ1v) is 8.49. The topological polar surface area (TPSA) is 38.3 Å². The van der Waals surface area contributed by atoms with Crippen molar-refractivity contribution in [2.75, 3.05) is 5.32 Å². The van der Waals surface area contributed by atoms with Crippen LogP contribution in [-0.2, 0) is 10.9 Å². The van der Waals surface area contributed by atoms with Crippen molar-refractivity contribution >= 4 is 11.8 Å². The number of carbonyl (C=O) groups is 1. The van der Waals surface area contributed by atoms with Gasteiger partial charge in [-0.2, -0.15) is 13.2 Å². The van der Waals surface area contributed by atoms with E-state index in [4.69, 9.17) is 4.74 Å². The molecule has 0 spiro atoms. The molecule has 1 aromatic carbocycles. The van der Waals surface area contributed by atoms with Gasteiger partial charge in [0.2, 0.25) is 0 Å². The predicted molar refractivity (Wildman–Crippen MR) is 82.5 cm³/mol. The summed E-state index contributed by atoms with van der Waals surface area (Å²) in [4.78, 5) is 12.2. The minimum atomic E-state index is -4.38. The van der Waals surface area contributed by atoms with Gasteiger partial charge in [0, 0.05) is 5.69 Å². The molecule has 3 nitrogen and oxygen atoms in total. The van der Waals surface area contributed by atoms with Crippen LogP contribution in [0.4, 0.5) is 23.7 Å². The highest BCUT2D eigenvalue weighted by Gasteiger charge is 2.53. The Bertz CT molecular complexity index is 603. The molecular formula is C18H20F3NO2. The second-order valence-electron chi connectivity index (χ2n) is 7.69. The number of anilines is 1. The Labute approximate surface area is 138 Å². The first-order valence-electron chi connectivity index (χ1n) is 8.49. The van der Waals surface area contributed by atoms with E-state index in [-0.39, 0.29) is 5.60 Å². The van der Waals surface area contributed by atoms with Crippen molar-refractivity contribution < 1.29 is 22.7 Å². The van der Waals surface area contributed by atoms with E-state index in [0.717, 1.165) is 31.4 Å². The quantitative estimate of drug-likeness (QED) is 0.802. The highest BCUT2D eigenvalue weighted by Crippen LogP contribution is 2.57.